The van der Waals surface area contributed by atoms with Crippen LogP contribution in [0.2, 0.25) is 0 Å². The largest absolute Gasteiger partial charge is 0.440 e. The van der Waals surface area contributed by atoms with E-state index in [9.17, 15) is 0 Å². The molecule has 0 amide bonds. The van der Waals surface area contributed by atoms with Gasteiger partial charge < -0.3 is 9.05 Å². The summed E-state index contributed by atoms with van der Waals surface area (Å²) in [5, 5.41) is 0. The van der Waals surface area contributed by atoms with E-state index in [-0.39, 0.29) is 43.3 Å². The van der Waals surface area contributed by atoms with Gasteiger partial charge in [-0.1, -0.05) is 312 Å². The maximum absolute atomic E-state index is 7.47. The lowest BCUT2D eigenvalue weighted by atomic mass is 9.73. The van der Waals surface area contributed by atoms with Crippen LogP contribution < -0.4 is 9.05 Å². The molecule has 0 fully saturated rings. The third-order valence-electron chi connectivity index (χ3n) is 16.7. The number of benzene rings is 8. The molecule has 0 aliphatic heterocycles. The maximum atomic E-state index is 7.47. The Morgan fingerprint density at radius 3 is 0.687 bits per heavy atom. The molecule has 0 unspecified atom stereocenters. The van der Waals surface area contributed by atoms with Crippen molar-refractivity contribution in [3.63, 3.8) is 0 Å². The van der Waals surface area contributed by atoms with Gasteiger partial charge in [-0.15, -0.1) is 0 Å². The number of rotatable bonds is 10. The highest BCUT2D eigenvalue weighted by Gasteiger charge is 2.34. The molecule has 2 nitrogen and oxygen atoms in total. The van der Waals surface area contributed by atoms with Crippen LogP contribution in [-0.2, 0) is 43.3 Å². The Labute approximate surface area is 505 Å². The highest BCUT2D eigenvalue weighted by Crippen LogP contribution is 2.55. The minimum absolute atomic E-state index is 0.0420. The van der Waals surface area contributed by atoms with Crippen molar-refractivity contribution in [2.45, 2.75) is 209 Å². The minimum Gasteiger partial charge on any atom is -0.440 e. The van der Waals surface area contributed by atoms with Gasteiger partial charge in [0.05, 0.1) is 0 Å². The molecule has 0 N–H and O–H groups in total. The molecular formula is C80H99O2P. The normalized spacial score (nSPS) is 13.1. The monoisotopic (exact) mass is 1120 g/mol. The number of hydrogen-bond acceptors (Lipinski definition) is 2. The molecule has 0 atom stereocenters. The first-order valence-electron chi connectivity index (χ1n) is 30.4. The molecule has 0 saturated heterocycles. The molecule has 0 aliphatic rings. The Bertz CT molecular complexity index is 3390. The average Bonchev–Trinajstić information content (AvgIpc) is 1.75. The lowest BCUT2D eigenvalue weighted by Gasteiger charge is -2.32. The van der Waals surface area contributed by atoms with E-state index in [0.29, 0.717) is 0 Å². The topological polar surface area (TPSA) is 18.5 Å². The van der Waals surface area contributed by atoms with E-state index in [1.54, 1.807) is 0 Å². The summed E-state index contributed by atoms with van der Waals surface area (Å²) in [6.45, 7) is 56.0. The number of hydrogen-bond donors (Lipinski definition) is 0. The van der Waals surface area contributed by atoms with Crippen LogP contribution in [0.1, 0.15) is 211 Å². The van der Waals surface area contributed by atoms with E-state index in [2.05, 4.69) is 324 Å². The summed E-state index contributed by atoms with van der Waals surface area (Å²) < 4.78 is 14.9. The molecule has 0 aliphatic carbocycles. The van der Waals surface area contributed by atoms with Gasteiger partial charge in [-0.2, -0.15) is 0 Å². The molecule has 0 bridgehead atoms. The van der Waals surface area contributed by atoms with Crippen LogP contribution >= 0.6 is 9.03 Å². The zero-order valence-electron chi connectivity index (χ0n) is 55.3. The van der Waals surface area contributed by atoms with Crippen LogP contribution in [0.5, 0.6) is 11.5 Å². The fourth-order valence-corrected chi connectivity index (χ4v) is 12.2. The third kappa shape index (κ3) is 13.7. The fourth-order valence-electron chi connectivity index (χ4n) is 11.7. The summed E-state index contributed by atoms with van der Waals surface area (Å²) in [4.78, 5) is 0. The molecule has 8 rings (SSSR count). The standard InChI is InChI=1S/C80H99O2P/c1-73(2,3)53-35-39-59(63(47-53)77(13,14)15)69-57(51-31-27-25-28-32-51)43-45-67(71(69)61-41-37-55(75(7,8)9)49-65(61)79(19,20)21)81-83-82-68-46-44-58(52-33-29-26-30-34-52)70(60-40-36-54(74(4,5)6)48-64(60)78(16,17)18)72(68)62-42-38-56(76(10,11)12)50-66(62)80(22,23)24/h25-50,83H,1-24H3. The molecule has 0 heterocycles. The second-order valence-corrected chi connectivity index (χ2v) is 32.4. The first kappa shape index (κ1) is 62.8. The van der Waals surface area contributed by atoms with Gasteiger partial charge in [-0.3, -0.25) is 0 Å². The van der Waals surface area contributed by atoms with Crippen LogP contribution in [-0.4, -0.2) is 0 Å². The summed E-state index contributed by atoms with van der Waals surface area (Å²) in [6, 6.07) is 59.7. The second kappa shape index (κ2) is 22.7. The first-order chi connectivity index (χ1) is 38.3. The van der Waals surface area contributed by atoms with Gasteiger partial charge in [0.1, 0.15) is 11.5 Å². The second-order valence-electron chi connectivity index (χ2n) is 31.8. The molecule has 3 heteroatoms. The van der Waals surface area contributed by atoms with E-state index >= 15 is 0 Å². The van der Waals surface area contributed by atoms with Crippen LogP contribution in [0.4, 0.5) is 0 Å². The van der Waals surface area contributed by atoms with Crippen molar-refractivity contribution in [1.82, 2.24) is 0 Å². The van der Waals surface area contributed by atoms with Crippen molar-refractivity contribution in [1.29, 1.82) is 0 Å². The Morgan fingerprint density at radius 2 is 0.458 bits per heavy atom. The van der Waals surface area contributed by atoms with Gasteiger partial charge >= 0.3 is 0 Å². The van der Waals surface area contributed by atoms with E-state index < -0.39 is 9.03 Å². The fraction of sp³-hybridized carbons (Fsp3) is 0.400. The molecular weight excluding hydrogens is 1020 g/mol. The van der Waals surface area contributed by atoms with Crippen LogP contribution in [0, 0.1) is 0 Å². The molecule has 8 aromatic rings. The van der Waals surface area contributed by atoms with Crippen molar-refractivity contribution in [2.24, 2.45) is 0 Å². The lowest BCUT2D eigenvalue weighted by Crippen LogP contribution is -2.19. The Kier molecular flexibility index (Phi) is 17.1. The Morgan fingerprint density at radius 1 is 0.229 bits per heavy atom. The van der Waals surface area contributed by atoms with E-state index in [0.717, 1.165) is 67.1 Å². The highest BCUT2D eigenvalue weighted by atomic mass is 31.1. The van der Waals surface area contributed by atoms with Crippen LogP contribution in [0.25, 0.3) is 66.8 Å². The average molecular weight is 1120 g/mol. The Balaban J connectivity index is 1.47. The summed E-state index contributed by atoms with van der Waals surface area (Å²) in [7, 11) is -0.398. The van der Waals surface area contributed by atoms with Crippen LogP contribution in [0.3, 0.4) is 0 Å². The van der Waals surface area contributed by atoms with Crippen molar-refractivity contribution in [3.05, 3.63) is 202 Å². The zero-order valence-corrected chi connectivity index (χ0v) is 56.3. The molecule has 0 aromatic heterocycles. The molecule has 0 radical (unpaired) electrons. The van der Waals surface area contributed by atoms with Gasteiger partial charge in [0.2, 0.25) is 0 Å². The quantitative estimate of drug-likeness (QED) is 0.127. The summed E-state index contributed by atoms with van der Waals surface area (Å²) in [6.07, 6.45) is 0. The van der Waals surface area contributed by atoms with Crippen molar-refractivity contribution < 1.29 is 9.05 Å². The molecule has 0 saturated carbocycles. The molecule has 436 valence electrons. The smallest absolute Gasteiger partial charge is 0.275 e. The zero-order chi connectivity index (χ0) is 61.2. The predicted molar refractivity (Wildman–Crippen MR) is 365 cm³/mol. The molecule has 0 spiro atoms. The maximum Gasteiger partial charge on any atom is 0.275 e. The van der Waals surface area contributed by atoms with Gasteiger partial charge in [-0.05, 0) is 144 Å². The Hall–Kier alpha value is -6.21. The van der Waals surface area contributed by atoms with Crippen molar-refractivity contribution >= 4 is 9.03 Å². The first-order valence-corrected chi connectivity index (χ1v) is 31.2. The van der Waals surface area contributed by atoms with Gasteiger partial charge in [0.25, 0.3) is 9.03 Å². The van der Waals surface area contributed by atoms with Crippen molar-refractivity contribution in [2.75, 3.05) is 0 Å². The highest BCUT2D eigenvalue weighted by molar-refractivity contribution is 7.27. The minimum atomic E-state index is -0.398. The summed E-state index contributed by atoms with van der Waals surface area (Å²) in [5.74, 6) is 1.57. The predicted octanol–water partition coefficient (Wildman–Crippen LogP) is 24.0. The van der Waals surface area contributed by atoms with Crippen molar-refractivity contribution in [3.8, 4) is 78.3 Å². The van der Waals surface area contributed by atoms with Gasteiger partial charge in [-0.25, -0.2) is 0 Å². The molecule has 83 heavy (non-hydrogen) atoms. The van der Waals surface area contributed by atoms with E-state index in [4.69, 9.17) is 9.05 Å². The third-order valence-corrected chi connectivity index (χ3v) is 17.3. The van der Waals surface area contributed by atoms with E-state index in [1.807, 2.05) is 0 Å². The lowest BCUT2D eigenvalue weighted by molar-refractivity contribution is 0.517. The van der Waals surface area contributed by atoms with Gasteiger partial charge in [0.15, 0.2) is 0 Å². The summed E-state index contributed by atoms with van der Waals surface area (Å²) in [5.41, 5.74) is 23.2. The van der Waals surface area contributed by atoms with Gasteiger partial charge in [0, 0.05) is 22.3 Å². The van der Waals surface area contributed by atoms with Crippen LogP contribution in [0.15, 0.2) is 158 Å². The van der Waals surface area contributed by atoms with E-state index in [1.165, 1.54) is 55.6 Å². The summed E-state index contributed by atoms with van der Waals surface area (Å²) >= 11 is 0. The molecule has 8 aromatic carbocycles. The SMILES string of the molecule is CC(C)(C)c1ccc(-c2c(OPOc3ccc(-c4ccccc4)c(-c4ccc(C(C)(C)C)cc4C(C)(C)C)c3-c3ccc(C(C)(C)C)cc3C(C)(C)C)ccc(-c3ccccc3)c2-c2ccc(C(C)(C)C)cc2C(C)(C)C)c(C(C)(C)C)c1.